The number of carbonyl (C=O) groups excluding carboxylic acids is 3. The first-order chi connectivity index (χ1) is 14.3. The van der Waals surface area contributed by atoms with Gasteiger partial charge in [-0.05, 0) is 48.9 Å². The molecular formula is C21H17Cl3N2O4. The molecule has 0 saturated heterocycles. The van der Waals surface area contributed by atoms with Gasteiger partial charge in [0.05, 0.1) is 17.9 Å². The van der Waals surface area contributed by atoms with Gasteiger partial charge in [-0.3, -0.25) is 9.59 Å². The van der Waals surface area contributed by atoms with E-state index in [-0.39, 0.29) is 16.4 Å². The maximum atomic E-state index is 12.8. The number of ether oxygens (including phenoxy) is 1. The van der Waals surface area contributed by atoms with Gasteiger partial charge in [0, 0.05) is 15.7 Å². The Hall–Kier alpha value is -2.54. The van der Waals surface area contributed by atoms with Crippen LogP contribution in [0.5, 0.6) is 0 Å². The summed E-state index contributed by atoms with van der Waals surface area (Å²) in [5, 5.41) is 3.25. The van der Waals surface area contributed by atoms with Crippen molar-refractivity contribution in [1.29, 1.82) is 0 Å². The van der Waals surface area contributed by atoms with Crippen LogP contribution < -0.4 is 10.2 Å². The summed E-state index contributed by atoms with van der Waals surface area (Å²) < 4.78 is 5.15. The molecule has 30 heavy (non-hydrogen) atoms. The summed E-state index contributed by atoms with van der Waals surface area (Å²) in [5.41, 5.74) is 0.908. The van der Waals surface area contributed by atoms with Crippen LogP contribution in [-0.4, -0.2) is 24.4 Å². The molecule has 0 aromatic heterocycles. The third kappa shape index (κ3) is 4.78. The molecule has 3 rings (SSSR count). The number of rotatable bonds is 7. The Morgan fingerprint density at radius 2 is 1.63 bits per heavy atom. The Balaban J connectivity index is 1.77. The molecule has 0 aliphatic carbocycles. The van der Waals surface area contributed by atoms with E-state index < -0.39 is 17.8 Å². The molecule has 1 aliphatic heterocycles. The number of hydrogen-bond acceptors (Lipinski definition) is 5. The lowest BCUT2D eigenvalue weighted by molar-refractivity contribution is -0.120. The monoisotopic (exact) mass is 466 g/mol. The standard InChI is InChI=1S/C21H17Cl3N2O4/c1-2-3-8-30-21(29)12-4-6-16(7-5-12)26-19(27)17(24)18(20(26)28)25-15-10-13(22)9-14(23)11-15/h4-7,9-11,25H,2-3,8H2,1H3. The molecule has 0 radical (unpaired) electrons. The summed E-state index contributed by atoms with van der Waals surface area (Å²) in [4.78, 5) is 38.3. The summed E-state index contributed by atoms with van der Waals surface area (Å²) >= 11 is 18.1. The average molecular weight is 468 g/mol. The molecule has 1 N–H and O–H groups in total. The van der Waals surface area contributed by atoms with E-state index in [0.29, 0.717) is 27.9 Å². The van der Waals surface area contributed by atoms with Crippen molar-refractivity contribution in [2.24, 2.45) is 0 Å². The van der Waals surface area contributed by atoms with Gasteiger partial charge in [0.15, 0.2) is 0 Å². The maximum absolute atomic E-state index is 12.8. The van der Waals surface area contributed by atoms with Gasteiger partial charge in [-0.1, -0.05) is 48.1 Å². The minimum absolute atomic E-state index is 0.0944. The predicted octanol–water partition coefficient (Wildman–Crippen LogP) is 5.39. The molecule has 156 valence electrons. The number of nitrogens with one attached hydrogen (secondary N) is 1. The molecule has 2 amide bonds. The fourth-order valence-electron chi connectivity index (χ4n) is 2.76. The summed E-state index contributed by atoms with van der Waals surface area (Å²) in [6.07, 6.45) is 1.69. The van der Waals surface area contributed by atoms with Gasteiger partial charge in [-0.25, -0.2) is 9.69 Å². The second kappa shape index (κ2) is 9.51. The van der Waals surface area contributed by atoms with E-state index in [2.05, 4.69) is 5.32 Å². The van der Waals surface area contributed by atoms with E-state index in [1.807, 2.05) is 6.92 Å². The molecule has 0 unspecified atom stereocenters. The molecule has 2 aromatic rings. The highest BCUT2D eigenvalue weighted by Gasteiger charge is 2.39. The van der Waals surface area contributed by atoms with Crippen molar-refractivity contribution in [3.05, 3.63) is 68.8 Å². The van der Waals surface area contributed by atoms with Crippen LogP contribution in [0.15, 0.2) is 53.2 Å². The molecule has 6 nitrogen and oxygen atoms in total. The molecule has 0 saturated carbocycles. The van der Waals surface area contributed by atoms with Crippen LogP contribution in [0.3, 0.4) is 0 Å². The number of unbranched alkanes of at least 4 members (excludes halogenated alkanes) is 1. The topological polar surface area (TPSA) is 75.7 Å². The summed E-state index contributed by atoms with van der Waals surface area (Å²) in [6, 6.07) is 10.6. The van der Waals surface area contributed by atoms with E-state index in [9.17, 15) is 14.4 Å². The van der Waals surface area contributed by atoms with Crippen molar-refractivity contribution in [3.63, 3.8) is 0 Å². The number of amides is 2. The fraction of sp³-hybridized carbons (Fsp3) is 0.190. The highest BCUT2D eigenvalue weighted by Crippen LogP contribution is 2.31. The smallest absolute Gasteiger partial charge is 0.338 e. The Bertz CT molecular complexity index is 1010. The SMILES string of the molecule is CCCCOC(=O)c1ccc(N2C(=O)C(Cl)=C(Nc3cc(Cl)cc(Cl)c3)C2=O)cc1. The predicted molar refractivity (Wildman–Crippen MR) is 117 cm³/mol. The van der Waals surface area contributed by atoms with Crippen molar-refractivity contribution in [2.75, 3.05) is 16.8 Å². The molecule has 0 fully saturated rings. The number of carbonyl (C=O) groups is 3. The third-order valence-corrected chi connectivity index (χ3v) is 5.04. The lowest BCUT2D eigenvalue weighted by Crippen LogP contribution is -2.32. The Kier molecular flexibility index (Phi) is 7.02. The third-order valence-electron chi connectivity index (χ3n) is 4.25. The lowest BCUT2D eigenvalue weighted by Gasteiger charge is -2.15. The van der Waals surface area contributed by atoms with Gasteiger partial charge in [0.2, 0.25) is 0 Å². The zero-order valence-corrected chi connectivity index (χ0v) is 18.1. The fourth-order valence-corrected chi connectivity index (χ4v) is 3.49. The Morgan fingerprint density at radius 1 is 1.00 bits per heavy atom. The van der Waals surface area contributed by atoms with Crippen molar-refractivity contribution < 1.29 is 19.1 Å². The van der Waals surface area contributed by atoms with Gasteiger partial charge in [-0.2, -0.15) is 0 Å². The number of esters is 1. The van der Waals surface area contributed by atoms with Gasteiger partial charge in [0.1, 0.15) is 10.7 Å². The van der Waals surface area contributed by atoms with Crippen LogP contribution in [0.4, 0.5) is 11.4 Å². The van der Waals surface area contributed by atoms with Crippen LogP contribution in [0.1, 0.15) is 30.1 Å². The number of anilines is 2. The minimum Gasteiger partial charge on any atom is -0.462 e. The number of halogens is 3. The van der Waals surface area contributed by atoms with Crippen LogP contribution in [0, 0.1) is 0 Å². The summed E-state index contributed by atoms with van der Waals surface area (Å²) in [6.45, 7) is 2.33. The number of nitrogens with zero attached hydrogens (tertiary/aromatic N) is 1. The van der Waals surface area contributed by atoms with Crippen LogP contribution >= 0.6 is 34.8 Å². The Labute approximate surface area is 188 Å². The molecular weight excluding hydrogens is 451 g/mol. The van der Waals surface area contributed by atoms with Crippen molar-refractivity contribution >= 4 is 64.0 Å². The maximum Gasteiger partial charge on any atom is 0.338 e. The molecule has 0 spiro atoms. The van der Waals surface area contributed by atoms with Gasteiger partial charge in [-0.15, -0.1) is 0 Å². The second-order valence-electron chi connectivity index (χ2n) is 6.45. The zero-order valence-electron chi connectivity index (χ0n) is 15.9. The van der Waals surface area contributed by atoms with E-state index in [1.54, 1.807) is 12.1 Å². The molecule has 1 heterocycles. The van der Waals surface area contributed by atoms with E-state index >= 15 is 0 Å². The molecule has 2 aromatic carbocycles. The lowest BCUT2D eigenvalue weighted by atomic mass is 10.2. The Morgan fingerprint density at radius 3 is 2.23 bits per heavy atom. The number of hydrogen-bond donors (Lipinski definition) is 1. The van der Waals surface area contributed by atoms with Crippen molar-refractivity contribution in [3.8, 4) is 0 Å². The van der Waals surface area contributed by atoms with E-state index in [0.717, 1.165) is 17.7 Å². The van der Waals surface area contributed by atoms with Gasteiger partial charge in [0.25, 0.3) is 11.8 Å². The van der Waals surface area contributed by atoms with Crippen LogP contribution in [0.25, 0.3) is 0 Å². The minimum atomic E-state index is -0.685. The highest BCUT2D eigenvalue weighted by molar-refractivity contribution is 6.53. The van der Waals surface area contributed by atoms with Crippen LogP contribution in [0.2, 0.25) is 10.0 Å². The van der Waals surface area contributed by atoms with Gasteiger partial charge < -0.3 is 10.1 Å². The zero-order chi connectivity index (χ0) is 21.8. The van der Waals surface area contributed by atoms with E-state index in [4.69, 9.17) is 39.5 Å². The van der Waals surface area contributed by atoms with Crippen molar-refractivity contribution in [2.45, 2.75) is 19.8 Å². The summed E-state index contributed by atoms with van der Waals surface area (Å²) in [5.74, 6) is -1.79. The van der Waals surface area contributed by atoms with Crippen LogP contribution in [-0.2, 0) is 14.3 Å². The molecule has 1 aliphatic rings. The van der Waals surface area contributed by atoms with Crippen molar-refractivity contribution in [1.82, 2.24) is 0 Å². The second-order valence-corrected chi connectivity index (χ2v) is 7.71. The van der Waals surface area contributed by atoms with Gasteiger partial charge >= 0.3 is 5.97 Å². The molecule has 9 heteroatoms. The van der Waals surface area contributed by atoms with E-state index in [1.165, 1.54) is 30.3 Å². The molecule has 0 atom stereocenters. The largest absolute Gasteiger partial charge is 0.462 e. The normalized spacial score (nSPS) is 13.8. The number of imide groups is 1. The average Bonchev–Trinajstić information content (AvgIpc) is 2.91. The first-order valence-corrected chi connectivity index (χ1v) is 10.2. The quantitative estimate of drug-likeness (QED) is 0.336. The number of benzene rings is 2. The molecule has 0 bridgehead atoms. The highest BCUT2D eigenvalue weighted by atomic mass is 35.5. The first-order valence-electron chi connectivity index (χ1n) is 9.10. The first kappa shape index (κ1) is 22.2. The summed E-state index contributed by atoms with van der Waals surface area (Å²) in [7, 11) is 0.